The summed E-state index contributed by atoms with van der Waals surface area (Å²) >= 11 is 0. The van der Waals surface area contributed by atoms with Crippen molar-refractivity contribution in [2.45, 2.75) is 43.5 Å². The molecule has 1 aromatic carbocycles. The van der Waals surface area contributed by atoms with Gasteiger partial charge in [-0.3, -0.25) is 0 Å². The number of hydrogen-bond donors (Lipinski definition) is 0. The zero-order valence-electron chi connectivity index (χ0n) is 10.8. The van der Waals surface area contributed by atoms with Gasteiger partial charge in [-0.05, 0) is 31.4 Å². The lowest BCUT2D eigenvalue weighted by Crippen LogP contribution is -2.43. The molecule has 0 radical (unpaired) electrons. The van der Waals surface area contributed by atoms with Crippen LogP contribution in [0.25, 0.3) is 0 Å². The average molecular weight is 289 g/mol. The van der Waals surface area contributed by atoms with Crippen molar-refractivity contribution in [1.82, 2.24) is 4.31 Å². The molecule has 0 aliphatic carbocycles. The maximum atomic E-state index is 13.2. The van der Waals surface area contributed by atoms with Crippen molar-refractivity contribution < 1.29 is 17.2 Å². The van der Waals surface area contributed by atoms with Crippen LogP contribution in [0.1, 0.15) is 32.6 Å². The Morgan fingerprint density at radius 2 is 1.84 bits per heavy atom. The van der Waals surface area contributed by atoms with Gasteiger partial charge in [-0.15, -0.1) is 0 Å². The SMILES string of the molecule is CCC1CCCCN1S(=O)(=O)c1cc(F)cc(F)c1. The summed E-state index contributed by atoms with van der Waals surface area (Å²) in [7, 11) is -3.81. The van der Waals surface area contributed by atoms with Crippen LogP contribution >= 0.6 is 0 Å². The molecule has 1 saturated heterocycles. The number of halogens is 2. The summed E-state index contributed by atoms with van der Waals surface area (Å²) in [5.74, 6) is -1.74. The lowest BCUT2D eigenvalue weighted by Gasteiger charge is -2.34. The van der Waals surface area contributed by atoms with E-state index in [2.05, 4.69) is 0 Å². The summed E-state index contributed by atoms with van der Waals surface area (Å²) in [6, 6.07) is 2.34. The summed E-state index contributed by atoms with van der Waals surface area (Å²) in [5, 5.41) is 0. The van der Waals surface area contributed by atoms with Gasteiger partial charge in [0.1, 0.15) is 11.6 Å². The van der Waals surface area contributed by atoms with Crippen molar-refractivity contribution in [1.29, 1.82) is 0 Å². The van der Waals surface area contributed by atoms with E-state index in [1.807, 2.05) is 6.92 Å². The van der Waals surface area contributed by atoms with Crippen molar-refractivity contribution in [3.63, 3.8) is 0 Å². The molecule has 19 heavy (non-hydrogen) atoms. The van der Waals surface area contributed by atoms with Crippen LogP contribution in [0, 0.1) is 11.6 Å². The minimum atomic E-state index is -3.81. The third kappa shape index (κ3) is 2.95. The number of sulfonamides is 1. The molecule has 106 valence electrons. The van der Waals surface area contributed by atoms with Crippen molar-refractivity contribution in [3.05, 3.63) is 29.8 Å². The lowest BCUT2D eigenvalue weighted by atomic mass is 10.0. The van der Waals surface area contributed by atoms with Crippen molar-refractivity contribution in [3.8, 4) is 0 Å². The van der Waals surface area contributed by atoms with E-state index in [9.17, 15) is 17.2 Å². The molecule has 0 aromatic heterocycles. The Kier molecular flexibility index (Phi) is 4.20. The Labute approximate surface area is 112 Å². The zero-order valence-corrected chi connectivity index (χ0v) is 11.6. The molecule has 6 heteroatoms. The zero-order chi connectivity index (χ0) is 14.0. The summed E-state index contributed by atoms with van der Waals surface area (Å²) < 4.78 is 52.7. The van der Waals surface area contributed by atoms with Gasteiger partial charge in [0.2, 0.25) is 10.0 Å². The molecular weight excluding hydrogens is 272 g/mol. The molecule has 3 nitrogen and oxygen atoms in total. The predicted molar refractivity (Wildman–Crippen MR) is 68.2 cm³/mol. The Morgan fingerprint density at radius 3 is 2.42 bits per heavy atom. The number of rotatable bonds is 3. The summed E-state index contributed by atoms with van der Waals surface area (Å²) in [6.45, 7) is 2.34. The van der Waals surface area contributed by atoms with E-state index in [-0.39, 0.29) is 10.9 Å². The van der Waals surface area contributed by atoms with Gasteiger partial charge in [-0.1, -0.05) is 13.3 Å². The van der Waals surface area contributed by atoms with Gasteiger partial charge in [0.05, 0.1) is 4.90 Å². The molecule has 1 fully saturated rings. The Morgan fingerprint density at radius 1 is 1.21 bits per heavy atom. The molecule has 0 amide bonds. The second kappa shape index (κ2) is 5.54. The fourth-order valence-electron chi connectivity index (χ4n) is 2.51. The number of nitrogens with zero attached hydrogens (tertiary/aromatic N) is 1. The van der Waals surface area contributed by atoms with E-state index in [0.29, 0.717) is 19.0 Å². The second-order valence-electron chi connectivity index (χ2n) is 4.78. The van der Waals surface area contributed by atoms with E-state index in [1.54, 1.807) is 0 Å². The minimum Gasteiger partial charge on any atom is -0.207 e. The highest BCUT2D eigenvalue weighted by atomic mass is 32.2. The van der Waals surface area contributed by atoms with Gasteiger partial charge in [0.15, 0.2) is 0 Å². The fraction of sp³-hybridized carbons (Fsp3) is 0.538. The smallest absolute Gasteiger partial charge is 0.207 e. The maximum absolute atomic E-state index is 13.2. The van der Waals surface area contributed by atoms with Crippen LogP contribution in [0.2, 0.25) is 0 Å². The van der Waals surface area contributed by atoms with Crippen LogP contribution < -0.4 is 0 Å². The third-order valence-corrected chi connectivity index (χ3v) is 5.42. The molecule has 1 aromatic rings. The maximum Gasteiger partial charge on any atom is 0.243 e. The van der Waals surface area contributed by atoms with Crippen LogP contribution in [0.15, 0.2) is 23.1 Å². The fourth-order valence-corrected chi connectivity index (χ4v) is 4.32. The topological polar surface area (TPSA) is 37.4 Å². The Balaban J connectivity index is 2.40. The van der Waals surface area contributed by atoms with Crippen molar-refractivity contribution in [2.75, 3.05) is 6.54 Å². The lowest BCUT2D eigenvalue weighted by molar-refractivity contribution is 0.246. The van der Waals surface area contributed by atoms with E-state index < -0.39 is 21.7 Å². The van der Waals surface area contributed by atoms with E-state index >= 15 is 0 Å². The van der Waals surface area contributed by atoms with Crippen LogP contribution in [0.5, 0.6) is 0 Å². The highest BCUT2D eigenvalue weighted by Gasteiger charge is 2.32. The first-order valence-corrected chi connectivity index (χ1v) is 7.87. The number of piperidine rings is 1. The van der Waals surface area contributed by atoms with Gasteiger partial charge in [-0.25, -0.2) is 17.2 Å². The van der Waals surface area contributed by atoms with Crippen LogP contribution in [-0.2, 0) is 10.0 Å². The van der Waals surface area contributed by atoms with Gasteiger partial charge in [0.25, 0.3) is 0 Å². The van der Waals surface area contributed by atoms with Crippen LogP contribution in [0.3, 0.4) is 0 Å². The molecule has 1 heterocycles. The van der Waals surface area contributed by atoms with Gasteiger partial charge in [0, 0.05) is 18.7 Å². The quantitative estimate of drug-likeness (QED) is 0.858. The first-order valence-electron chi connectivity index (χ1n) is 6.43. The molecule has 2 rings (SSSR count). The molecule has 0 saturated carbocycles. The van der Waals surface area contributed by atoms with E-state index in [0.717, 1.165) is 31.4 Å². The minimum absolute atomic E-state index is 0.0786. The van der Waals surface area contributed by atoms with Crippen LogP contribution in [0.4, 0.5) is 8.78 Å². The molecule has 0 N–H and O–H groups in total. The Hall–Kier alpha value is -1.01. The predicted octanol–water partition coefficient (Wildman–Crippen LogP) is 2.92. The van der Waals surface area contributed by atoms with E-state index in [1.165, 1.54) is 4.31 Å². The average Bonchev–Trinajstić information content (AvgIpc) is 2.37. The van der Waals surface area contributed by atoms with Crippen molar-refractivity contribution >= 4 is 10.0 Å². The largest absolute Gasteiger partial charge is 0.243 e. The van der Waals surface area contributed by atoms with Gasteiger partial charge in [-0.2, -0.15) is 4.31 Å². The molecule has 0 bridgehead atoms. The first kappa shape index (κ1) is 14.4. The molecule has 1 aliphatic heterocycles. The number of hydrogen-bond acceptors (Lipinski definition) is 2. The number of benzene rings is 1. The highest BCUT2D eigenvalue weighted by Crippen LogP contribution is 2.27. The normalized spacial score (nSPS) is 21.5. The van der Waals surface area contributed by atoms with E-state index in [4.69, 9.17) is 0 Å². The molecular formula is C13H17F2NO2S. The molecule has 0 spiro atoms. The highest BCUT2D eigenvalue weighted by molar-refractivity contribution is 7.89. The molecule has 1 aliphatic rings. The third-order valence-electron chi connectivity index (χ3n) is 3.49. The second-order valence-corrected chi connectivity index (χ2v) is 6.67. The summed E-state index contributed by atoms with van der Waals surface area (Å²) in [4.78, 5) is -0.301. The molecule has 1 atom stereocenters. The summed E-state index contributed by atoms with van der Waals surface area (Å²) in [6.07, 6.45) is 3.28. The summed E-state index contributed by atoms with van der Waals surface area (Å²) in [5.41, 5.74) is 0. The molecule has 1 unspecified atom stereocenters. The van der Waals surface area contributed by atoms with Gasteiger partial charge >= 0.3 is 0 Å². The monoisotopic (exact) mass is 289 g/mol. The standard InChI is InChI=1S/C13H17F2NO2S/c1-2-12-5-3-4-6-16(12)19(17,18)13-8-10(14)7-11(15)9-13/h7-9,12H,2-6H2,1H3. The Bertz CT molecular complexity index is 540. The van der Waals surface area contributed by atoms with Crippen LogP contribution in [-0.4, -0.2) is 25.3 Å². The van der Waals surface area contributed by atoms with Crippen molar-refractivity contribution in [2.24, 2.45) is 0 Å². The van der Waals surface area contributed by atoms with Gasteiger partial charge < -0.3 is 0 Å². The first-order chi connectivity index (χ1) is 8.95.